The van der Waals surface area contributed by atoms with Gasteiger partial charge in [0.05, 0.1) is 6.61 Å². The molecule has 0 bridgehead atoms. The van der Waals surface area contributed by atoms with Crippen molar-refractivity contribution < 1.29 is 9.13 Å². The van der Waals surface area contributed by atoms with Crippen LogP contribution in [0.2, 0.25) is 0 Å². The summed E-state index contributed by atoms with van der Waals surface area (Å²) in [5.74, 6) is 0.0168. The molecular weight excluding hydrogens is 253 g/mol. The number of hydrogen-bond acceptors (Lipinski definition) is 2. The van der Waals surface area contributed by atoms with Crippen LogP contribution >= 0.6 is 0 Å². The summed E-state index contributed by atoms with van der Waals surface area (Å²) >= 11 is 0. The molecule has 0 spiro atoms. The maximum absolute atomic E-state index is 13.7. The first kappa shape index (κ1) is 17.0. The van der Waals surface area contributed by atoms with Gasteiger partial charge in [-0.2, -0.15) is 0 Å². The lowest BCUT2D eigenvalue weighted by molar-refractivity contribution is 0.289. The first-order valence-electron chi connectivity index (χ1n) is 7.83. The Kier molecular flexibility index (Phi) is 8.28. The number of ether oxygens (including phenoxy) is 1. The zero-order valence-corrected chi connectivity index (χ0v) is 12.8. The van der Waals surface area contributed by atoms with Crippen molar-refractivity contribution in [2.24, 2.45) is 5.73 Å². The maximum Gasteiger partial charge on any atom is 0.165 e. The summed E-state index contributed by atoms with van der Waals surface area (Å²) < 4.78 is 19.2. The molecule has 20 heavy (non-hydrogen) atoms. The molecule has 0 saturated carbocycles. The van der Waals surface area contributed by atoms with Crippen molar-refractivity contribution in [3.63, 3.8) is 0 Å². The number of halogens is 1. The van der Waals surface area contributed by atoms with Gasteiger partial charge in [-0.1, -0.05) is 51.5 Å². The van der Waals surface area contributed by atoms with Crippen LogP contribution in [-0.4, -0.2) is 6.61 Å². The fourth-order valence-corrected chi connectivity index (χ4v) is 2.16. The van der Waals surface area contributed by atoms with E-state index < -0.39 is 0 Å². The fourth-order valence-electron chi connectivity index (χ4n) is 2.16. The molecule has 3 heteroatoms. The highest BCUT2D eigenvalue weighted by Gasteiger charge is 2.07. The van der Waals surface area contributed by atoms with Gasteiger partial charge in [0.2, 0.25) is 0 Å². The van der Waals surface area contributed by atoms with Gasteiger partial charge in [-0.3, -0.25) is 0 Å². The first-order chi connectivity index (χ1) is 9.65. The second-order valence-corrected chi connectivity index (χ2v) is 5.45. The number of nitrogens with two attached hydrogens (primary N) is 1. The highest BCUT2D eigenvalue weighted by atomic mass is 19.1. The van der Waals surface area contributed by atoms with E-state index in [0.717, 1.165) is 18.4 Å². The Bertz CT molecular complexity index is 379. The average molecular weight is 281 g/mol. The third kappa shape index (κ3) is 6.38. The zero-order chi connectivity index (χ0) is 14.8. The minimum absolute atomic E-state index is 0.151. The molecule has 1 atom stereocenters. The van der Waals surface area contributed by atoms with E-state index in [9.17, 15) is 4.39 Å². The van der Waals surface area contributed by atoms with Crippen LogP contribution in [0.3, 0.4) is 0 Å². The Labute approximate surface area is 122 Å². The quantitative estimate of drug-likeness (QED) is 0.614. The molecule has 1 rings (SSSR count). The lowest BCUT2D eigenvalue weighted by Crippen LogP contribution is -2.06. The molecule has 0 amide bonds. The second kappa shape index (κ2) is 9.76. The molecule has 1 aromatic rings. The molecule has 2 N–H and O–H groups in total. The number of benzene rings is 1. The summed E-state index contributed by atoms with van der Waals surface area (Å²) in [6.07, 6.45) is 8.61. The fraction of sp³-hybridized carbons (Fsp3) is 0.647. The monoisotopic (exact) mass is 281 g/mol. The lowest BCUT2D eigenvalue weighted by atomic mass is 10.1. The smallest absolute Gasteiger partial charge is 0.165 e. The highest BCUT2D eigenvalue weighted by Crippen LogP contribution is 2.21. The van der Waals surface area contributed by atoms with Crippen molar-refractivity contribution in [1.82, 2.24) is 0 Å². The summed E-state index contributed by atoms with van der Waals surface area (Å²) in [5, 5.41) is 0. The SMILES string of the molecule is CCCCCCCCCOc1ccc([C@H](C)N)cc1F. The Morgan fingerprint density at radius 2 is 1.75 bits per heavy atom. The van der Waals surface area contributed by atoms with Gasteiger partial charge in [0, 0.05) is 6.04 Å². The summed E-state index contributed by atoms with van der Waals surface area (Å²) in [4.78, 5) is 0. The van der Waals surface area contributed by atoms with Crippen molar-refractivity contribution in [2.45, 2.75) is 64.8 Å². The summed E-state index contributed by atoms with van der Waals surface area (Å²) in [7, 11) is 0. The molecule has 0 heterocycles. The van der Waals surface area contributed by atoms with Crippen LogP contribution in [0, 0.1) is 5.82 Å². The average Bonchev–Trinajstić information content (AvgIpc) is 2.43. The van der Waals surface area contributed by atoms with Gasteiger partial charge in [-0.05, 0) is 31.0 Å². The first-order valence-corrected chi connectivity index (χ1v) is 7.83. The Balaban J connectivity index is 2.19. The van der Waals surface area contributed by atoms with Crippen molar-refractivity contribution in [3.05, 3.63) is 29.6 Å². The molecule has 2 nitrogen and oxygen atoms in total. The van der Waals surface area contributed by atoms with Crippen LogP contribution in [0.25, 0.3) is 0 Å². The summed E-state index contributed by atoms with van der Waals surface area (Å²) in [5.41, 5.74) is 6.51. The van der Waals surface area contributed by atoms with E-state index >= 15 is 0 Å². The largest absolute Gasteiger partial charge is 0.491 e. The molecule has 1 aromatic carbocycles. The second-order valence-electron chi connectivity index (χ2n) is 5.45. The molecule has 0 aliphatic carbocycles. The van der Waals surface area contributed by atoms with E-state index in [1.165, 1.54) is 38.2 Å². The Hall–Kier alpha value is -1.09. The number of hydrogen-bond donors (Lipinski definition) is 1. The van der Waals surface area contributed by atoms with Crippen LogP contribution in [-0.2, 0) is 0 Å². The summed E-state index contributed by atoms with van der Waals surface area (Å²) in [6, 6.07) is 4.81. The van der Waals surface area contributed by atoms with Gasteiger partial charge >= 0.3 is 0 Å². The van der Waals surface area contributed by atoms with E-state index in [0.29, 0.717) is 12.4 Å². The van der Waals surface area contributed by atoms with E-state index in [-0.39, 0.29) is 11.9 Å². The van der Waals surface area contributed by atoms with Crippen LogP contribution in [0.1, 0.15) is 70.4 Å². The van der Waals surface area contributed by atoms with E-state index in [1.54, 1.807) is 6.07 Å². The molecular formula is C17H28FNO. The predicted octanol–water partition coefficient (Wildman–Crippen LogP) is 4.97. The van der Waals surface area contributed by atoms with Gasteiger partial charge in [0.15, 0.2) is 11.6 Å². The predicted molar refractivity (Wildman–Crippen MR) is 82.5 cm³/mol. The van der Waals surface area contributed by atoms with Crippen LogP contribution in [0.5, 0.6) is 5.75 Å². The minimum Gasteiger partial charge on any atom is -0.491 e. The van der Waals surface area contributed by atoms with Crippen LogP contribution < -0.4 is 10.5 Å². The van der Waals surface area contributed by atoms with Crippen molar-refractivity contribution >= 4 is 0 Å². The molecule has 0 aliphatic heterocycles. The van der Waals surface area contributed by atoms with Gasteiger partial charge in [-0.25, -0.2) is 4.39 Å². The number of unbranched alkanes of at least 4 members (excludes halogenated alkanes) is 6. The molecule has 0 fully saturated rings. The summed E-state index contributed by atoms with van der Waals surface area (Å²) in [6.45, 7) is 4.65. The lowest BCUT2D eigenvalue weighted by Gasteiger charge is -2.10. The Morgan fingerprint density at radius 3 is 2.35 bits per heavy atom. The number of rotatable bonds is 10. The molecule has 114 valence electrons. The zero-order valence-electron chi connectivity index (χ0n) is 12.8. The third-order valence-corrected chi connectivity index (χ3v) is 3.49. The van der Waals surface area contributed by atoms with Gasteiger partial charge in [0.25, 0.3) is 0 Å². The van der Waals surface area contributed by atoms with E-state index in [1.807, 2.05) is 13.0 Å². The highest BCUT2D eigenvalue weighted by molar-refractivity contribution is 5.30. The normalized spacial score (nSPS) is 12.4. The Morgan fingerprint density at radius 1 is 1.10 bits per heavy atom. The maximum atomic E-state index is 13.7. The van der Waals surface area contributed by atoms with E-state index in [2.05, 4.69) is 6.92 Å². The minimum atomic E-state index is -0.317. The van der Waals surface area contributed by atoms with Gasteiger partial charge in [-0.15, -0.1) is 0 Å². The van der Waals surface area contributed by atoms with Gasteiger partial charge in [0.1, 0.15) is 0 Å². The van der Waals surface area contributed by atoms with Crippen molar-refractivity contribution in [1.29, 1.82) is 0 Å². The third-order valence-electron chi connectivity index (χ3n) is 3.49. The van der Waals surface area contributed by atoms with Gasteiger partial charge < -0.3 is 10.5 Å². The van der Waals surface area contributed by atoms with Crippen molar-refractivity contribution in [2.75, 3.05) is 6.61 Å². The molecule has 0 saturated heterocycles. The van der Waals surface area contributed by atoms with Crippen LogP contribution in [0.4, 0.5) is 4.39 Å². The molecule has 0 aliphatic rings. The molecule has 0 radical (unpaired) electrons. The molecule has 0 unspecified atom stereocenters. The van der Waals surface area contributed by atoms with Crippen molar-refractivity contribution in [3.8, 4) is 5.75 Å². The standard InChI is InChI=1S/C17H28FNO/c1-3-4-5-6-7-8-9-12-20-17-11-10-15(14(2)19)13-16(17)18/h10-11,13-14H,3-9,12,19H2,1-2H3/t14-/m0/s1. The van der Waals surface area contributed by atoms with Crippen LogP contribution in [0.15, 0.2) is 18.2 Å². The van der Waals surface area contributed by atoms with E-state index in [4.69, 9.17) is 10.5 Å². The molecule has 0 aromatic heterocycles. The topological polar surface area (TPSA) is 35.2 Å².